The van der Waals surface area contributed by atoms with Crippen LogP contribution in [0.1, 0.15) is 49.9 Å². The molecule has 118 valence electrons. The molecule has 1 rings (SSSR count). The second-order valence-electron chi connectivity index (χ2n) is 5.31. The van der Waals surface area contributed by atoms with Crippen LogP contribution in [0, 0.1) is 3.57 Å². The smallest absolute Gasteiger partial charge is 0.251 e. The Balaban J connectivity index is 2.18. The number of nitrogens with zero attached hydrogens (tertiary/aromatic N) is 1. The van der Waals surface area contributed by atoms with E-state index in [0.29, 0.717) is 0 Å². The van der Waals surface area contributed by atoms with Crippen LogP contribution in [0.25, 0.3) is 0 Å². The van der Waals surface area contributed by atoms with Gasteiger partial charge in [0.15, 0.2) is 0 Å². The predicted molar refractivity (Wildman–Crippen MR) is 97.7 cm³/mol. The Morgan fingerprint density at radius 2 is 1.67 bits per heavy atom. The summed E-state index contributed by atoms with van der Waals surface area (Å²) >= 11 is 2.24. The molecule has 0 aromatic heterocycles. The van der Waals surface area contributed by atoms with Gasteiger partial charge in [-0.25, -0.2) is 0 Å². The van der Waals surface area contributed by atoms with E-state index in [1.807, 2.05) is 24.3 Å². The van der Waals surface area contributed by atoms with E-state index in [1.54, 1.807) is 0 Å². The summed E-state index contributed by atoms with van der Waals surface area (Å²) in [6.07, 6.45) is 4.61. The molecule has 0 aliphatic rings. The minimum Gasteiger partial charge on any atom is -0.352 e. The number of hydrogen-bond donors (Lipinski definition) is 1. The number of hydrogen-bond acceptors (Lipinski definition) is 2. The standard InChI is InChI=1S/C17H27IN2O/c1-3-12-20(13-4-2)14-6-5-11-19-17(21)15-7-9-16(18)10-8-15/h7-10H,3-6,11-14H2,1-2H3,(H,19,21)/i18-4. The summed E-state index contributed by atoms with van der Waals surface area (Å²) in [5, 5.41) is 3.00. The first-order chi connectivity index (χ1) is 10.2. The quantitative estimate of drug-likeness (QED) is 0.479. The third-order valence-electron chi connectivity index (χ3n) is 3.37. The minimum atomic E-state index is 0.0328. The summed E-state index contributed by atoms with van der Waals surface area (Å²) < 4.78 is 1.15. The highest BCUT2D eigenvalue weighted by Gasteiger charge is 2.05. The third kappa shape index (κ3) is 7.81. The average Bonchev–Trinajstić information content (AvgIpc) is 2.47. The summed E-state index contributed by atoms with van der Waals surface area (Å²) in [5.74, 6) is 0.0328. The lowest BCUT2D eigenvalue weighted by atomic mass is 10.2. The molecular weight excluding hydrogens is 371 g/mol. The first-order valence-corrected chi connectivity index (χ1v) is 9.01. The van der Waals surface area contributed by atoms with E-state index in [1.165, 1.54) is 25.9 Å². The van der Waals surface area contributed by atoms with E-state index >= 15 is 0 Å². The van der Waals surface area contributed by atoms with Gasteiger partial charge in [0.05, 0.1) is 0 Å². The van der Waals surface area contributed by atoms with Crippen LogP contribution in [0.2, 0.25) is 0 Å². The van der Waals surface area contributed by atoms with Crippen LogP contribution in [-0.4, -0.2) is 37.0 Å². The Bertz CT molecular complexity index is 400. The molecule has 0 bridgehead atoms. The maximum atomic E-state index is 11.9. The fourth-order valence-electron chi connectivity index (χ4n) is 2.33. The van der Waals surface area contributed by atoms with E-state index in [9.17, 15) is 4.79 Å². The molecule has 4 heteroatoms. The van der Waals surface area contributed by atoms with Crippen molar-refractivity contribution in [2.24, 2.45) is 0 Å². The van der Waals surface area contributed by atoms with E-state index in [2.05, 4.69) is 46.7 Å². The van der Waals surface area contributed by atoms with Crippen molar-refractivity contribution in [3.8, 4) is 0 Å². The summed E-state index contributed by atoms with van der Waals surface area (Å²) in [6.45, 7) is 8.72. The monoisotopic (exact) mass is 398 g/mol. The summed E-state index contributed by atoms with van der Waals surface area (Å²) in [6, 6.07) is 7.67. The molecule has 0 saturated carbocycles. The lowest BCUT2D eigenvalue weighted by Gasteiger charge is -2.20. The molecular formula is C17H27IN2O. The van der Waals surface area contributed by atoms with Crippen LogP contribution in [0.4, 0.5) is 0 Å². The number of halogens is 1. The first kappa shape index (κ1) is 18.4. The van der Waals surface area contributed by atoms with E-state index in [0.717, 1.165) is 35.1 Å². The lowest BCUT2D eigenvalue weighted by Crippen LogP contribution is -2.28. The number of unbranched alkanes of at least 4 members (excludes halogenated alkanes) is 1. The number of nitrogens with one attached hydrogen (secondary N) is 1. The number of carbonyl (C=O) groups excluding carboxylic acids is 1. The van der Waals surface area contributed by atoms with Gasteiger partial charge in [-0.1, -0.05) is 13.8 Å². The van der Waals surface area contributed by atoms with Crippen molar-refractivity contribution in [2.75, 3.05) is 26.2 Å². The lowest BCUT2D eigenvalue weighted by molar-refractivity contribution is 0.0952. The van der Waals surface area contributed by atoms with E-state index in [4.69, 9.17) is 0 Å². The zero-order chi connectivity index (χ0) is 15.5. The van der Waals surface area contributed by atoms with E-state index < -0.39 is 0 Å². The van der Waals surface area contributed by atoms with Crippen molar-refractivity contribution in [1.29, 1.82) is 0 Å². The van der Waals surface area contributed by atoms with Gasteiger partial charge in [-0.2, -0.15) is 0 Å². The second kappa shape index (κ2) is 11.0. The molecule has 0 atom stereocenters. The number of carbonyl (C=O) groups is 1. The van der Waals surface area contributed by atoms with Crippen molar-refractivity contribution in [2.45, 2.75) is 39.5 Å². The van der Waals surface area contributed by atoms with E-state index in [-0.39, 0.29) is 5.91 Å². The Morgan fingerprint density at radius 3 is 2.24 bits per heavy atom. The molecule has 0 aliphatic carbocycles. The minimum absolute atomic E-state index is 0.0328. The molecule has 0 aliphatic heterocycles. The van der Waals surface area contributed by atoms with Gasteiger partial charge in [0.1, 0.15) is 0 Å². The highest BCUT2D eigenvalue weighted by molar-refractivity contribution is 14.1. The maximum Gasteiger partial charge on any atom is 0.251 e. The second-order valence-corrected chi connectivity index (χ2v) is 6.56. The highest BCUT2D eigenvalue weighted by Crippen LogP contribution is 2.06. The van der Waals surface area contributed by atoms with Gasteiger partial charge >= 0.3 is 0 Å². The molecule has 1 aromatic rings. The Morgan fingerprint density at radius 1 is 1.05 bits per heavy atom. The number of rotatable bonds is 10. The molecule has 1 amide bonds. The van der Waals surface area contributed by atoms with Gasteiger partial charge in [-0.05, 0) is 92.2 Å². The molecule has 0 spiro atoms. The van der Waals surface area contributed by atoms with Gasteiger partial charge in [-0.3, -0.25) is 4.79 Å². The van der Waals surface area contributed by atoms with Crippen LogP contribution >= 0.6 is 22.6 Å². The maximum absolute atomic E-state index is 11.9. The predicted octanol–water partition coefficient (Wildman–Crippen LogP) is 3.92. The summed E-state index contributed by atoms with van der Waals surface area (Å²) in [4.78, 5) is 14.4. The largest absolute Gasteiger partial charge is 0.352 e. The van der Waals surface area contributed by atoms with Crippen molar-refractivity contribution < 1.29 is 4.79 Å². The molecule has 1 aromatic carbocycles. The van der Waals surface area contributed by atoms with Crippen LogP contribution in [0.15, 0.2) is 24.3 Å². The molecule has 0 saturated heterocycles. The van der Waals surface area contributed by atoms with Crippen LogP contribution in [0.5, 0.6) is 0 Å². The number of benzene rings is 1. The van der Waals surface area contributed by atoms with Crippen molar-refractivity contribution >= 4 is 28.5 Å². The average molecular weight is 398 g/mol. The fourth-order valence-corrected chi connectivity index (χ4v) is 2.69. The SMILES string of the molecule is CCCN(CCC)CCCCNC(=O)c1ccc([123I])cc1. The van der Waals surface area contributed by atoms with Crippen molar-refractivity contribution in [1.82, 2.24) is 10.2 Å². The summed E-state index contributed by atoms with van der Waals surface area (Å²) in [5.41, 5.74) is 0.744. The zero-order valence-electron chi connectivity index (χ0n) is 13.2. The molecule has 1 N–H and O–H groups in total. The van der Waals surface area contributed by atoms with Crippen LogP contribution in [0.3, 0.4) is 0 Å². The molecule has 0 unspecified atom stereocenters. The van der Waals surface area contributed by atoms with Crippen LogP contribution < -0.4 is 5.32 Å². The van der Waals surface area contributed by atoms with Gasteiger partial charge in [0, 0.05) is 15.7 Å². The molecule has 3 nitrogen and oxygen atoms in total. The molecule has 21 heavy (non-hydrogen) atoms. The number of amides is 1. The molecule has 0 fully saturated rings. The van der Waals surface area contributed by atoms with Gasteiger partial charge in [0.25, 0.3) is 5.91 Å². The van der Waals surface area contributed by atoms with Crippen molar-refractivity contribution in [3.05, 3.63) is 33.4 Å². The first-order valence-electron chi connectivity index (χ1n) is 7.93. The van der Waals surface area contributed by atoms with Crippen LogP contribution in [-0.2, 0) is 0 Å². The molecule has 0 heterocycles. The Hall–Kier alpha value is -0.620. The van der Waals surface area contributed by atoms with Crippen molar-refractivity contribution in [3.63, 3.8) is 0 Å². The Kier molecular flexibility index (Phi) is 9.67. The van der Waals surface area contributed by atoms with Gasteiger partial charge < -0.3 is 10.2 Å². The molecule has 0 radical (unpaired) electrons. The highest BCUT2D eigenvalue weighted by atomic mass is 123. The topological polar surface area (TPSA) is 32.3 Å². The summed E-state index contributed by atoms with van der Waals surface area (Å²) in [7, 11) is 0. The van der Waals surface area contributed by atoms with Gasteiger partial charge in [0.2, 0.25) is 0 Å². The van der Waals surface area contributed by atoms with Gasteiger partial charge in [-0.15, -0.1) is 0 Å². The fraction of sp³-hybridized carbons (Fsp3) is 0.588. The zero-order valence-corrected chi connectivity index (χ0v) is 15.4. The normalized spacial score (nSPS) is 10.9. The Labute approximate surface area is 142 Å². The third-order valence-corrected chi connectivity index (χ3v) is 4.09.